The standard InChI is InChI=1S/C18H23N3O3/c1-20-12-16(23)21(17(20)24)11-15(22)19-13-18(9-5-6-10-18)14-7-3-2-4-8-14/h2-4,7-8H,5-6,9-13H2,1H3,(H,19,22). The molecule has 1 saturated heterocycles. The lowest BCUT2D eigenvalue weighted by Gasteiger charge is -2.30. The number of likely N-dealkylation sites (N-methyl/N-ethyl adjacent to an activating group) is 1. The highest BCUT2D eigenvalue weighted by Crippen LogP contribution is 2.40. The van der Waals surface area contributed by atoms with Gasteiger partial charge in [0.25, 0.3) is 5.91 Å². The van der Waals surface area contributed by atoms with Crippen molar-refractivity contribution < 1.29 is 14.4 Å². The van der Waals surface area contributed by atoms with E-state index in [1.54, 1.807) is 7.05 Å². The van der Waals surface area contributed by atoms with Crippen LogP contribution in [0.3, 0.4) is 0 Å². The van der Waals surface area contributed by atoms with Gasteiger partial charge in [-0.2, -0.15) is 0 Å². The van der Waals surface area contributed by atoms with E-state index in [0.29, 0.717) is 6.54 Å². The van der Waals surface area contributed by atoms with E-state index in [4.69, 9.17) is 0 Å². The van der Waals surface area contributed by atoms with Crippen LogP contribution in [0.15, 0.2) is 30.3 Å². The van der Waals surface area contributed by atoms with Gasteiger partial charge in [0.2, 0.25) is 5.91 Å². The molecule has 0 spiro atoms. The van der Waals surface area contributed by atoms with Gasteiger partial charge < -0.3 is 10.2 Å². The van der Waals surface area contributed by atoms with Crippen molar-refractivity contribution in [3.63, 3.8) is 0 Å². The molecule has 1 aliphatic heterocycles. The van der Waals surface area contributed by atoms with Crippen LogP contribution in [0.1, 0.15) is 31.2 Å². The first-order chi connectivity index (χ1) is 11.5. The maximum atomic E-state index is 12.3. The number of imide groups is 1. The van der Waals surface area contributed by atoms with Crippen LogP contribution in [-0.4, -0.2) is 54.3 Å². The molecule has 6 heteroatoms. The highest BCUT2D eigenvalue weighted by Gasteiger charge is 2.37. The zero-order valence-corrected chi connectivity index (χ0v) is 14.0. The van der Waals surface area contributed by atoms with Gasteiger partial charge in [0.15, 0.2) is 0 Å². The Morgan fingerprint density at radius 1 is 1.17 bits per heavy atom. The molecule has 1 aromatic rings. The number of nitrogens with zero attached hydrogens (tertiary/aromatic N) is 2. The Bertz CT molecular complexity index is 638. The van der Waals surface area contributed by atoms with Crippen LogP contribution in [0.25, 0.3) is 0 Å². The first-order valence-corrected chi connectivity index (χ1v) is 8.39. The number of hydrogen-bond donors (Lipinski definition) is 1. The lowest BCUT2D eigenvalue weighted by molar-refractivity contribution is -0.130. The molecular weight excluding hydrogens is 306 g/mol. The molecule has 1 heterocycles. The summed E-state index contributed by atoms with van der Waals surface area (Å²) in [7, 11) is 1.56. The number of hydrogen-bond acceptors (Lipinski definition) is 3. The van der Waals surface area contributed by atoms with Gasteiger partial charge in [-0.1, -0.05) is 43.2 Å². The van der Waals surface area contributed by atoms with Crippen LogP contribution in [0.4, 0.5) is 4.79 Å². The highest BCUT2D eigenvalue weighted by molar-refractivity contribution is 6.04. The predicted molar refractivity (Wildman–Crippen MR) is 89.3 cm³/mol. The minimum Gasteiger partial charge on any atom is -0.354 e. The van der Waals surface area contributed by atoms with Gasteiger partial charge in [-0.25, -0.2) is 4.79 Å². The Kier molecular flexibility index (Phi) is 4.55. The second-order valence-corrected chi connectivity index (χ2v) is 6.75. The Labute approximate surface area is 141 Å². The lowest BCUT2D eigenvalue weighted by atomic mass is 9.79. The van der Waals surface area contributed by atoms with Crippen molar-refractivity contribution in [2.45, 2.75) is 31.1 Å². The quantitative estimate of drug-likeness (QED) is 0.833. The minimum atomic E-state index is -0.409. The molecule has 0 aromatic heterocycles. The molecule has 1 N–H and O–H groups in total. The highest BCUT2D eigenvalue weighted by atomic mass is 16.2. The van der Waals surface area contributed by atoms with Crippen molar-refractivity contribution in [3.8, 4) is 0 Å². The van der Waals surface area contributed by atoms with Crippen LogP contribution >= 0.6 is 0 Å². The first-order valence-electron chi connectivity index (χ1n) is 8.39. The van der Waals surface area contributed by atoms with E-state index in [0.717, 1.165) is 30.6 Å². The van der Waals surface area contributed by atoms with Gasteiger partial charge in [-0.3, -0.25) is 14.5 Å². The number of amides is 4. The molecular formula is C18H23N3O3. The van der Waals surface area contributed by atoms with Crippen molar-refractivity contribution in [2.75, 3.05) is 26.7 Å². The van der Waals surface area contributed by atoms with Gasteiger partial charge in [-0.15, -0.1) is 0 Å². The molecule has 0 unspecified atom stereocenters. The number of rotatable bonds is 5. The molecule has 128 valence electrons. The third-order valence-corrected chi connectivity index (χ3v) is 5.10. The molecule has 4 amide bonds. The number of nitrogens with one attached hydrogen (secondary N) is 1. The summed E-state index contributed by atoms with van der Waals surface area (Å²) < 4.78 is 0. The number of carbonyl (C=O) groups excluding carboxylic acids is 3. The molecule has 6 nitrogen and oxygen atoms in total. The van der Waals surface area contributed by atoms with Gasteiger partial charge in [-0.05, 0) is 18.4 Å². The molecule has 2 fully saturated rings. The first kappa shape index (κ1) is 16.5. The number of urea groups is 1. The largest absolute Gasteiger partial charge is 0.354 e. The molecule has 1 aliphatic carbocycles. The van der Waals surface area contributed by atoms with E-state index in [-0.39, 0.29) is 30.3 Å². The molecule has 1 aromatic carbocycles. The molecule has 0 bridgehead atoms. The third kappa shape index (κ3) is 3.13. The van der Waals surface area contributed by atoms with Crippen molar-refractivity contribution >= 4 is 17.8 Å². The Morgan fingerprint density at radius 3 is 2.42 bits per heavy atom. The molecule has 0 radical (unpaired) electrons. The summed E-state index contributed by atoms with van der Waals surface area (Å²) in [5.41, 5.74) is 1.21. The molecule has 1 saturated carbocycles. The fourth-order valence-corrected chi connectivity index (χ4v) is 3.70. The molecule has 24 heavy (non-hydrogen) atoms. The van der Waals surface area contributed by atoms with Gasteiger partial charge in [0.1, 0.15) is 13.1 Å². The Hall–Kier alpha value is -2.37. The van der Waals surface area contributed by atoms with Crippen LogP contribution in [0.2, 0.25) is 0 Å². The van der Waals surface area contributed by atoms with E-state index in [1.807, 2.05) is 18.2 Å². The normalized spacial score (nSPS) is 19.9. The van der Waals surface area contributed by atoms with Crippen LogP contribution in [-0.2, 0) is 15.0 Å². The van der Waals surface area contributed by atoms with E-state index >= 15 is 0 Å². The molecule has 2 aliphatic rings. The maximum absolute atomic E-state index is 12.3. The lowest BCUT2D eigenvalue weighted by Crippen LogP contribution is -2.45. The Balaban J connectivity index is 1.62. The minimum absolute atomic E-state index is 0.0350. The Morgan fingerprint density at radius 2 is 1.83 bits per heavy atom. The average Bonchev–Trinajstić information content (AvgIpc) is 3.16. The van der Waals surface area contributed by atoms with Crippen molar-refractivity contribution in [2.24, 2.45) is 0 Å². The predicted octanol–water partition coefficient (Wildman–Crippen LogP) is 1.51. The van der Waals surface area contributed by atoms with Crippen LogP contribution < -0.4 is 5.32 Å². The van der Waals surface area contributed by atoms with Crippen molar-refractivity contribution in [1.82, 2.24) is 15.1 Å². The number of benzene rings is 1. The summed E-state index contributed by atoms with van der Waals surface area (Å²) in [6.45, 7) is 0.384. The summed E-state index contributed by atoms with van der Waals surface area (Å²) in [4.78, 5) is 38.2. The van der Waals surface area contributed by atoms with Gasteiger partial charge in [0, 0.05) is 19.0 Å². The van der Waals surface area contributed by atoms with Crippen molar-refractivity contribution in [3.05, 3.63) is 35.9 Å². The molecule has 0 atom stereocenters. The average molecular weight is 329 g/mol. The summed E-state index contributed by atoms with van der Waals surface area (Å²) in [6.07, 6.45) is 4.39. The third-order valence-electron chi connectivity index (χ3n) is 5.10. The van der Waals surface area contributed by atoms with Crippen LogP contribution in [0, 0.1) is 0 Å². The zero-order chi connectivity index (χ0) is 17.2. The zero-order valence-electron chi connectivity index (χ0n) is 14.0. The van der Waals surface area contributed by atoms with Gasteiger partial charge >= 0.3 is 6.03 Å². The second kappa shape index (κ2) is 6.63. The van der Waals surface area contributed by atoms with Crippen molar-refractivity contribution in [1.29, 1.82) is 0 Å². The summed E-state index contributed by atoms with van der Waals surface area (Å²) >= 11 is 0. The second-order valence-electron chi connectivity index (χ2n) is 6.75. The van der Waals surface area contributed by atoms with Gasteiger partial charge in [0.05, 0.1) is 0 Å². The van der Waals surface area contributed by atoms with E-state index in [1.165, 1.54) is 10.5 Å². The van der Waals surface area contributed by atoms with Crippen LogP contribution in [0.5, 0.6) is 0 Å². The smallest absolute Gasteiger partial charge is 0.327 e. The summed E-state index contributed by atoms with van der Waals surface area (Å²) in [6, 6.07) is 9.85. The summed E-state index contributed by atoms with van der Waals surface area (Å²) in [5.74, 6) is -0.606. The van der Waals surface area contributed by atoms with E-state index in [9.17, 15) is 14.4 Å². The fourth-order valence-electron chi connectivity index (χ4n) is 3.70. The van der Waals surface area contributed by atoms with E-state index < -0.39 is 6.03 Å². The SMILES string of the molecule is CN1CC(=O)N(CC(=O)NCC2(c3ccccc3)CCCC2)C1=O. The summed E-state index contributed by atoms with van der Waals surface area (Å²) in [5, 5.41) is 2.94. The fraction of sp³-hybridized carbons (Fsp3) is 0.500. The monoisotopic (exact) mass is 329 g/mol. The number of carbonyl (C=O) groups is 3. The molecule has 3 rings (SSSR count). The topological polar surface area (TPSA) is 69.7 Å². The maximum Gasteiger partial charge on any atom is 0.327 e. The van der Waals surface area contributed by atoms with E-state index in [2.05, 4.69) is 17.4 Å².